The highest BCUT2D eigenvalue weighted by Gasteiger charge is 2.32. The molecular weight excluding hydrogens is 293 g/mol. The molecule has 0 saturated carbocycles. The Morgan fingerprint density at radius 1 is 1.15 bits per heavy atom. The maximum Gasteiger partial charge on any atom is 0.573 e. The van der Waals surface area contributed by atoms with Crippen molar-refractivity contribution < 1.29 is 17.9 Å². The zero-order valence-corrected chi connectivity index (χ0v) is 10.8. The summed E-state index contributed by atoms with van der Waals surface area (Å²) in [6.07, 6.45) is -1.93. The van der Waals surface area contributed by atoms with Crippen molar-refractivity contribution in [2.45, 2.75) is 12.4 Å². The summed E-state index contributed by atoms with van der Waals surface area (Å²) in [7, 11) is 0. The minimum absolute atomic E-state index is 0.193. The van der Waals surface area contributed by atoms with Crippen molar-refractivity contribution >= 4 is 11.6 Å². The standard InChI is InChI=1S/C13H10ClF3N2O/c14-10-7-19-6-5-8(10)12(18)9-3-1-2-4-11(9)20-13(15,16)17/h1-7,12H,18H2. The van der Waals surface area contributed by atoms with Crippen LogP contribution in [0.1, 0.15) is 17.2 Å². The molecule has 2 rings (SSSR count). The number of nitrogens with two attached hydrogens (primary N) is 1. The van der Waals surface area contributed by atoms with Crippen LogP contribution in [0.4, 0.5) is 13.2 Å². The Kier molecular flexibility index (Phi) is 4.15. The van der Waals surface area contributed by atoms with Gasteiger partial charge >= 0.3 is 6.36 Å². The molecule has 2 aromatic rings. The highest BCUT2D eigenvalue weighted by molar-refractivity contribution is 6.31. The van der Waals surface area contributed by atoms with E-state index in [1.807, 2.05) is 0 Å². The Morgan fingerprint density at radius 2 is 1.85 bits per heavy atom. The van der Waals surface area contributed by atoms with E-state index in [4.69, 9.17) is 17.3 Å². The second-order valence-corrected chi connectivity index (χ2v) is 4.37. The molecule has 1 heterocycles. The number of aromatic nitrogens is 1. The van der Waals surface area contributed by atoms with Gasteiger partial charge in [0.15, 0.2) is 0 Å². The van der Waals surface area contributed by atoms with E-state index < -0.39 is 12.4 Å². The summed E-state index contributed by atoms with van der Waals surface area (Å²) in [6.45, 7) is 0. The molecule has 2 N–H and O–H groups in total. The Hall–Kier alpha value is -1.79. The largest absolute Gasteiger partial charge is 0.573 e. The average Bonchev–Trinajstić information content (AvgIpc) is 2.37. The molecule has 0 saturated heterocycles. The minimum Gasteiger partial charge on any atom is -0.405 e. The summed E-state index contributed by atoms with van der Waals surface area (Å²) in [6, 6.07) is 6.39. The van der Waals surface area contributed by atoms with E-state index in [1.54, 1.807) is 12.1 Å². The average molecular weight is 303 g/mol. The molecule has 0 spiro atoms. The van der Waals surface area contributed by atoms with Crippen molar-refractivity contribution in [1.29, 1.82) is 0 Å². The lowest BCUT2D eigenvalue weighted by molar-refractivity contribution is -0.274. The first-order valence-corrected chi connectivity index (χ1v) is 5.96. The van der Waals surface area contributed by atoms with Crippen LogP contribution in [0.15, 0.2) is 42.7 Å². The number of halogens is 4. The van der Waals surface area contributed by atoms with E-state index in [0.717, 1.165) is 0 Å². The molecule has 1 aromatic heterocycles. The molecule has 0 radical (unpaired) electrons. The number of nitrogens with zero attached hydrogens (tertiary/aromatic N) is 1. The van der Waals surface area contributed by atoms with Gasteiger partial charge in [-0.05, 0) is 17.7 Å². The van der Waals surface area contributed by atoms with Crippen LogP contribution >= 0.6 is 11.6 Å². The number of hydrogen-bond acceptors (Lipinski definition) is 3. The molecule has 1 atom stereocenters. The summed E-state index contributed by atoms with van der Waals surface area (Å²) < 4.78 is 41.1. The van der Waals surface area contributed by atoms with Crippen LogP contribution in [0, 0.1) is 0 Å². The normalized spacial score (nSPS) is 13.1. The summed E-state index contributed by atoms with van der Waals surface area (Å²) >= 11 is 5.95. The summed E-state index contributed by atoms with van der Waals surface area (Å²) in [5, 5.41) is 0.279. The molecule has 0 aliphatic carbocycles. The fourth-order valence-corrected chi connectivity index (χ4v) is 2.00. The van der Waals surface area contributed by atoms with E-state index in [0.29, 0.717) is 5.56 Å². The van der Waals surface area contributed by atoms with Crippen molar-refractivity contribution in [3.05, 3.63) is 58.9 Å². The number of benzene rings is 1. The van der Waals surface area contributed by atoms with Gasteiger partial charge in [0.25, 0.3) is 0 Å². The fraction of sp³-hybridized carbons (Fsp3) is 0.154. The van der Waals surface area contributed by atoms with Gasteiger partial charge in [-0.3, -0.25) is 4.98 Å². The van der Waals surface area contributed by atoms with Crippen molar-refractivity contribution in [1.82, 2.24) is 4.98 Å². The number of rotatable bonds is 3. The lowest BCUT2D eigenvalue weighted by atomic mass is 10.00. The molecule has 1 unspecified atom stereocenters. The lowest BCUT2D eigenvalue weighted by Crippen LogP contribution is -2.20. The first kappa shape index (κ1) is 14.6. The van der Waals surface area contributed by atoms with Crippen LogP contribution in [0.3, 0.4) is 0 Å². The quantitative estimate of drug-likeness (QED) is 0.941. The molecule has 3 nitrogen and oxygen atoms in total. The number of para-hydroxylation sites is 1. The monoisotopic (exact) mass is 302 g/mol. The third-order valence-electron chi connectivity index (χ3n) is 2.62. The molecule has 0 bridgehead atoms. The summed E-state index contributed by atoms with van der Waals surface area (Å²) in [4.78, 5) is 3.80. The van der Waals surface area contributed by atoms with Gasteiger partial charge < -0.3 is 10.5 Å². The third kappa shape index (κ3) is 3.40. The third-order valence-corrected chi connectivity index (χ3v) is 2.93. The maximum absolute atomic E-state index is 12.4. The Balaban J connectivity index is 2.40. The van der Waals surface area contributed by atoms with Gasteiger partial charge in [0, 0.05) is 18.0 Å². The molecule has 7 heteroatoms. The summed E-state index contributed by atoms with van der Waals surface area (Å²) in [5.74, 6) is -0.347. The van der Waals surface area contributed by atoms with Crippen LogP contribution in [0.2, 0.25) is 5.02 Å². The zero-order valence-electron chi connectivity index (χ0n) is 10.1. The Morgan fingerprint density at radius 3 is 2.50 bits per heavy atom. The highest BCUT2D eigenvalue weighted by atomic mass is 35.5. The van der Waals surface area contributed by atoms with Gasteiger partial charge in [0.05, 0.1) is 11.1 Å². The van der Waals surface area contributed by atoms with Crippen LogP contribution in [-0.2, 0) is 0 Å². The van der Waals surface area contributed by atoms with Crippen molar-refractivity contribution in [2.75, 3.05) is 0 Å². The van der Waals surface area contributed by atoms with E-state index in [9.17, 15) is 13.2 Å². The smallest absolute Gasteiger partial charge is 0.405 e. The van der Waals surface area contributed by atoms with Gasteiger partial charge in [-0.2, -0.15) is 0 Å². The van der Waals surface area contributed by atoms with Crippen LogP contribution < -0.4 is 10.5 Å². The molecule has 1 aromatic carbocycles. The van der Waals surface area contributed by atoms with Crippen LogP contribution in [0.5, 0.6) is 5.75 Å². The predicted octanol–water partition coefficient (Wildman–Crippen LogP) is 3.68. The van der Waals surface area contributed by atoms with Crippen molar-refractivity contribution in [2.24, 2.45) is 5.73 Å². The minimum atomic E-state index is -4.78. The second kappa shape index (κ2) is 5.68. The van der Waals surface area contributed by atoms with Crippen molar-refractivity contribution in [3.63, 3.8) is 0 Å². The molecule has 0 fully saturated rings. The molecule has 20 heavy (non-hydrogen) atoms. The fourth-order valence-electron chi connectivity index (χ4n) is 1.76. The van der Waals surface area contributed by atoms with E-state index in [2.05, 4.69) is 9.72 Å². The molecule has 0 amide bonds. The van der Waals surface area contributed by atoms with Crippen LogP contribution in [-0.4, -0.2) is 11.3 Å². The van der Waals surface area contributed by atoms with Gasteiger partial charge in [-0.1, -0.05) is 29.8 Å². The number of hydrogen-bond donors (Lipinski definition) is 1. The maximum atomic E-state index is 12.4. The zero-order chi connectivity index (χ0) is 14.8. The SMILES string of the molecule is NC(c1ccncc1Cl)c1ccccc1OC(F)(F)F. The van der Waals surface area contributed by atoms with Gasteiger partial charge in [0.1, 0.15) is 5.75 Å². The van der Waals surface area contributed by atoms with E-state index in [-0.39, 0.29) is 16.3 Å². The van der Waals surface area contributed by atoms with E-state index in [1.165, 1.54) is 30.6 Å². The summed E-state index contributed by atoms with van der Waals surface area (Å²) in [5.41, 5.74) is 6.64. The van der Waals surface area contributed by atoms with Gasteiger partial charge in [0.2, 0.25) is 0 Å². The number of alkyl halides is 3. The number of ether oxygens (including phenoxy) is 1. The van der Waals surface area contributed by atoms with Crippen molar-refractivity contribution in [3.8, 4) is 5.75 Å². The van der Waals surface area contributed by atoms with E-state index >= 15 is 0 Å². The molecule has 0 aliphatic heterocycles. The predicted molar refractivity (Wildman–Crippen MR) is 68.4 cm³/mol. The first-order valence-electron chi connectivity index (χ1n) is 5.58. The molecule has 106 valence electrons. The molecular formula is C13H10ClF3N2O. The Bertz CT molecular complexity index is 604. The highest BCUT2D eigenvalue weighted by Crippen LogP contribution is 2.34. The lowest BCUT2D eigenvalue weighted by Gasteiger charge is -2.18. The number of pyridine rings is 1. The topological polar surface area (TPSA) is 48.1 Å². The van der Waals surface area contributed by atoms with Gasteiger partial charge in [-0.25, -0.2) is 0 Å². The van der Waals surface area contributed by atoms with Crippen LogP contribution in [0.25, 0.3) is 0 Å². The first-order chi connectivity index (χ1) is 9.38. The Labute approximate surface area is 118 Å². The molecule has 0 aliphatic rings. The second-order valence-electron chi connectivity index (χ2n) is 3.96. The van der Waals surface area contributed by atoms with Gasteiger partial charge in [-0.15, -0.1) is 13.2 Å².